The van der Waals surface area contributed by atoms with E-state index in [4.69, 9.17) is 5.73 Å². The van der Waals surface area contributed by atoms with E-state index in [2.05, 4.69) is 62.1 Å². The number of piperazine rings is 1. The minimum Gasteiger partial charge on any atom is -0.465 e. The van der Waals surface area contributed by atoms with Crippen LogP contribution in [0.4, 0.5) is 5.82 Å². The van der Waals surface area contributed by atoms with E-state index in [0.717, 1.165) is 41.4 Å². The molecule has 9 heteroatoms. The molecule has 0 unspecified atom stereocenters. The molecule has 2 aromatic rings. The summed E-state index contributed by atoms with van der Waals surface area (Å²) in [6.45, 7) is 12.1. The summed E-state index contributed by atoms with van der Waals surface area (Å²) < 4.78 is 4.65. The molecule has 0 bridgehead atoms. The zero-order valence-electron chi connectivity index (χ0n) is 19.7. The second kappa shape index (κ2) is 10.7. The summed E-state index contributed by atoms with van der Waals surface area (Å²) in [4.78, 5) is 24.6. The fraction of sp³-hybridized carbons (Fsp3) is 0.375. The summed E-state index contributed by atoms with van der Waals surface area (Å²) in [7, 11) is 1.31. The number of pyridine rings is 1. The lowest BCUT2D eigenvalue weighted by molar-refractivity contribution is -0.135. The standard InChI is InChI=1S/C24H31N7O2/c1-16(24(32)33-5)14-27-22(13-25)31-11-10-30(15-17(31)2)23-19(4)18(3)21(28-29-23)12-20-8-6-7-9-26-20/h6-9,13-14,17H,1,10-12,15,25H2,2-5H3/b22-13+,27-14-/t17-/m1/s1. The van der Waals surface area contributed by atoms with E-state index in [0.29, 0.717) is 18.8 Å². The van der Waals surface area contributed by atoms with Crippen molar-refractivity contribution >= 4 is 18.0 Å². The van der Waals surface area contributed by atoms with Gasteiger partial charge in [0.2, 0.25) is 0 Å². The van der Waals surface area contributed by atoms with Crippen molar-refractivity contribution in [2.75, 3.05) is 31.6 Å². The highest BCUT2D eigenvalue weighted by Gasteiger charge is 2.27. The van der Waals surface area contributed by atoms with E-state index in [1.165, 1.54) is 19.5 Å². The molecular weight excluding hydrogens is 418 g/mol. The molecule has 174 valence electrons. The summed E-state index contributed by atoms with van der Waals surface area (Å²) in [5.41, 5.74) is 10.2. The van der Waals surface area contributed by atoms with Gasteiger partial charge in [-0.05, 0) is 44.0 Å². The van der Waals surface area contributed by atoms with Crippen molar-refractivity contribution in [1.82, 2.24) is 20.1 Å². The Bertz CT molecular complexity index is 1070. The topological polar surface area (TPSA) is 110 Å². The first-order valence-electron chi connectivity index (χ1n) is 10.8. The summed E-state index contributed by atoms with van der Waals surface area (Å²) in [6.07, 6.45) is 5.27. The van der Waals surface area contributed by atoms with Gasteiger partial charge in [0.1, 0.15) is 5.82 Å². The first-order chi connectivity index (χ1) is 15.8. The predicted octanol–water partition coefficient (Wildman–Crippen LogP) is 2.15. The number of nitrogens with two attached hydrogens (primary N) is 1. The van der Waals surface area contributed by atoms with Gasteiger partial charge in [0.25, 0.3) is 0 Å². The molecule has 9 nitrogen and oxygen atoms in total. The van der Waals surface area contributed by atoms with Gasteiger partial charge in [-0.2, -0.15) is 5.10 Å². The van der Waals surface area contributed by atoms with Crippen LogP contribution >= 0.6 is 0 Å². The number of hydrogen-bond acceptors (Lipinski definition) is 9. The Balaban J connectivity index is 1.71. The molecular formula is C24H31N7O2. The van der Waals surface area contributed by atoms with E-state index in [-0.39, 0.29) is 11.6 Å². The van der Waals surface area contributed by atoms with Gasteiger partial charge in [-0.25, -0.2) is 9.79 Å². The van der Waals surface area contributed by atoms with Crippen LogP contribution in [0, 0.1) is 13.8 Å². The lowest BCUT2D eigenvalue weighted by atomic mass is 10.1. The van der Waals surface area contributed by atoms with Crippen molar-refractivity contribution in [2.45, 2.75) is 33.2 Å². The zero-order chi connectivity index (χ0) is 24.0. The van der Waals surface area contributed by atoms with Gasteiger partial charge in [0.15, 0.2) is 5.82 Å². The molecule has 1 aliphatic rings. The third-order valence-electron chi connectivity index (χ3n) is 5.84. The number of aliphatic imine (C=N–C) groups is 1. The highest BCUT2D eigenvalue weighted by Crippen LogP contribution is 2.26. The number of anilines is 1. The van der Waals surface area contributed by atoms with Crippen LogP contribution in [-0.2, 0) is 16.0 Å². The van der Waals surface area contributed by atoms with E-state index in [9.17, 15) is 4.79 Å². The van der Waals surface area contributed by atoms with Gasteiger partial charge in [-0.1, -0.05) is 12.6 Å². The molecule has 3 rings (SSSR count). The Morgan fingerprint density at radius 3 is 2.73 bits per heavy atom. The minimum absolute atomic E-state index is 0.117. The second-order valence-corrected chi connectivity index (χ2v) is 8.01. The van der Waals surface area contributed by atoms with Crippen molar-refractivity contribution in [2.24, 2.45) is 10.7 Å². The summed E-state index contributed by atoms with van der Waals surface area (Å²) >= 11 is 0. The number of carbonyl (C=O) groups excluding carboxylic acids is 1. The van der Waals surface area contributed by atoms with E-state index in [1.54, 1.807) is 6.20 Å². The molecule has 2 N–H and O–H groups in total. The summed E-state index contributed by atoms with van der Waals surface area (Å²) in [5.74, 6) is 0.949. The van der Waals surface area contributed by atoms with Gasteiger partial charge in [-0.15, -0.1) is 5.10 Å². The van der Waals surface area contributed by atoms with Crippen LogP contribution in [-0.4, -0.2) is 65.1 Å². The van der Waals surface area contributed by atoms with Crippen LogP contribution in [0.3, 0.4) is 0 Å². The Morgan fingerprint density at radius 1 is 1.30 bits per heavy atom. The van der Waals surface area contributed by atoms with Crippen molar-refractivity contribution in [3.63, 3.8) is 0 Å². The third-order valence-corrected chi connectivity index (χ3v) is 5.84. The molecule has 1 saturated heterocycles. The minimum atomic E-state index is -0.524. The smallest absolute Gasteiger partial charge is 0.338 e. The number of carbonyl (C=O) groups is 1. The maximum absolute atomic E-state index is 11.5. The number of methoxy groups -OCH3 is 1. The first kappa shape index (κ1) is 23.9. The highest BCUT2D eigenvalue weighted by molar-refractivity contribution is 6.08. The van der Waals surface area contributed by atoms with E-state index >= 15 is 0 Å². The lowest BCUT2D eigenvalue weighted by Crippen LogP contribution is -2.51. The number of nitrogens with zero attached hydrogens (tertiary/aromatic N) is 6. The van der Waals surface area contributed by atoms with E-state index in [1.807, 2.05) is 18.2 Å². The molecule has 0 saturated carbocycles. The van der Waals surface area contributed by atoms with Gasteiger partial charge in [0.05, 0.1) is 18.4 Å². The van der Waals surface area contributed by atoms with Crippen LogP contribution in [0.2, 0.25) is 0 Å². The van der Waals surface area contributed by atoms with Gasteiger partial charge < -0.3 is 20.3 Å². The van der Waals surface area contributed by atoms with E-state index < -0.39 is 5.97 Å². The SMILES string of the molecule is C=C(/C=N\C(=C/N)N1CCN(c2nnc(Cc3ccccn3)c(C)c2C)C[C@H]1C)C(=O)OC. The fourth-order valence-electron chi connectivity index (χ4n) is 3.82. The normalized spacial score (nSPS) is 16.8. The van der Waals surface area contributed by atoms with Gasteiger partial charge >= 0.3 is 5.97 Å². The molecule has 0 spiro atoms. The van der Waals surface area contributed by atoms with Crippen LogP contribution in [0.15, 0.2) is 53.6 Å². The Morgan fingerprint density at radius 2 is 2.09 bits per heavy atom. The highest BCUT2D eigenvalue weighted by atomic mass is 16.5. The van der Waals surface area contributed by atoms with Crippen LogP contribution in [0.5, 0.6) is 0 Å². The zero-order valence-corrected chi connectivity index (χ0v) is 19.7. The van der Waals surface area contributed by atoms with Gasteiger partial charge in [0, 0.05) is 56.4 Å². The molecule has 0 radical (unpaired) electrons. The number of hydrogen-bond donors (Lipinski definition) is 1. The number of esters is 1. The fourth-order valence-corrected chi connectivity index (χ4v) is 3.82. The maximum Gasteiger partial charge on any atom is 0.338 e. The lowest BCUT2D eigenvalue weighted by Gasteiger charge is -2.41. The molecule has 1 atom stereocenters. The first-order valence-corrected chi connectivity index (χ1v) is 10.8. The van der Waals surface area contributed by atoms with Gasteiger partial charge in [-0.3, -0.25) is 4.98 Å². The number of aromatic nitrogens is 3. The molecule has 0 aromatic carbocycles. The Hall–Kier alpha value is -3.75. The van der Waals surface area contributed by atoms with Crippen LogP contribution in [0.1, 0.15) is 29.4 Å². The number of rotatable bonds is 7. The van der Waals surface area contributed by atoms with Crippen molar-refractivity contribution in [3.05, 3.63) is 71.1 Å². The molecule has 0 aliphatic carbocycles. The quantitative estimate of drug-likeness (QED) is 0.389. The van der Waals surface area contributed by atoms with Crippen molar-refractivity contribution in [1.29, 1.82) is 0 Å². The van der Waals surface area contributed by atoms with Crippen LogP contribution in [0.25, 0.3) is 0 Å². The largest absolute Gasteiger partial charge is 0.465 e. The molecule has 0 amide bonds. The average molecular weight is 450 g/mol. The Kier molecular flexibility index (Phi) is 7.76. The average Bonchev–Trinajstić information content (AvgIpc) is 2.83. The summed E-state index contributed by atoms with van der Waals surface area (Å²) in [6, 6.07) is 6.00. The maximum atomic E-state index is 11.5. The molecule has 33 heavy (non-hydrogen) atoms. The van der Waals surface area contributed by atoms with Crippen LogP contribution < -0.4 is 10.6 Å². The third kappa shape index (κ3) is 5.54. The van der Waals surface area contributed by atoms with Crippen molar-refractivity contribution in [3.8, 4) is 0 Å². The Labute approximate surface area is 194 Å². The second-order valence-electron chi connectivity index (χ2n) is 8.01. The number of ether oxygens (including phenoxy) is 1. The monoisotopic (exact) mass is 449 g/mol. The van der Waals surface area contributed by atoms with Crippen molar-refractivity contribution < 1.29 is 9.53 Å². The predicted molar refractivity (Wildman–Crippen MR) is 129 cm³/mol. The molecule has 1 aliphatic heterocycles. The molecule has 2 aromatic heterocycles. The molecule has 1 fully saturated rings. The summed E-state index contributed by atoms with van der Waals surface area (Å²) in [5, 5.41) is 9.09. The molecule has 3 heterocycles.